The number of amides is 1. The molecule has 0 heterocycles. The Morgan fingerprint density at radius 1 is 1.07 bits per heavy atom. The van der Waals surface area contributed by atoms with Crippen LogP contribution in [0, 0.1) is 24.2 Å². The highest BCUT2D eigenvalue weighted by atomic mass is 35.5. The van der Waals surface area contributed by atoms with E-state index in [1.54, 1.807) is 19.2 Å². The van der Waals surface area contributed by atoms with Gasteiger partial charge >= 0.3 is 0 Å². The number of rotatable bonds is 4. The maximum absolute atomic E-state index is 13.7. The molecule has 0 unspecified atom stereocenters. The second kappa shape index (κ2) is 6.77. The number of hydrogen-bond acceptors (Lipinski definition) is 2. The molecule has 2 atom stereocenters. The van der Waals surface area contributed by atoms with Gasteiger partial charge in [0.1, 0.15) is 5.75 Å². The molecule has 0 saturated heterocycles. The van der Waals surface area contributed by atoms with Crippen molar-refractivity contribution >= 4 is 23.2 Å². The number of ether oxygens (including phenoxy) is 1. The molecule has 4 fully saturated rings. The molecule has 4 heteroatoms. The molecule has 0 radical (unpaired) electrons. The molecule has 2 aromatic rings. The predicted octanol–water partition coefficient (Wildman–Crippen LogP) is 6.13. The van der Waals surface area contributed by atoms with Gasteiger partial charge in [-0.2, -0.15) is 0 Å². The normalized spacial score (nSPS) is 32.2. The lowest BCUT2D eigenvalue weighted by Crippen LogP contribution is -2.58. The highest BCUT2D eigenvalue weighted by molar-refractivity contribution is 6.31. The Labute approximate surface area is 177 Å². The van der Waals surface area contributed by atoms with Crippen molar-refractivity contribution < 1.29 is 9.53 Å². The maximum atomic E-state index is 13.7. The van der Waals surface area contributed by atoms with Gasteiger partial charge in [0.25, 0.3) is 0 Å². The van der Waals surface area contributed by atoms with Gasteiger partial charge in [-0.05, 0) is 86.5 Å². The van der Waals surface area contributed by atoms with E-state index in [1.165, 1.54) is 30.4 Å². The van der Waals surface area contributed by atoms with Gasteiger partial charge in [-0.3, -0.25) is 4.79 Å². The smallest absolute Gasteiger partial charge is 0.230 e. The fourth-order valence-corrected chi connectivity index (χ4v) is 6.98. The second-order valence-electron chi connectivity index (χ2n) is 9.69. The first-order chi connectivity index (χ1) is 13.9. The number of methoxy groups -OCH3 is 1. The minimum absolute atomic E-state index is 0.142. The van der Waals surface area contributed by atoms with Crippen molar-refractivity contribution in [2.75, 3.05) is 12.4 Å². The summed E-state index contributed by atoms with van der Waals surface area (Å²) in [6.07, 6.45) is 6.69. The fourth-order valence-electron chi connectivity index (χ4n) is 6.81. The van der Waals surface area contributed by atoms with Gasteiger partial charge in [-0.25, -0.2) is 0 Å². The second-order valence-corrected chi connectivity index (χ2v) is 10.1. The van der Waals surface area contributed by atoms with E-state index < -0.39 is 0 Å². The molecule has 1 amide bonds. The summed E-state index contributed by atoms with van der Waals surface area (Å²) in [5, 5.41) is 3.79. The van der Waals surface area contributed by atoms with Crippen LogP contribution in [0.1, 0.15) is 49.7 Å². The molecule has 0 spiro atoms. The van der Waals surface area contributed by atoms with Crippen LogP contribution in [0.3, 0.4) is 0 Å². The zero-order valence-corrected chi connectivity index (χ0v) is 17.9. The molecular weight excluding hydrogens is 382 g/mol. The van der Waals surface area contributed by atoms with E-state index in [1.807, 2.05) is 6.07 Å². The first-order valence-electron chi connectivity index (χ1n) is 10.6. The van der Waals surface area contributed by atoms with E-state index in [4.69, 9.17) is 16.3 Å². The highest BCUT2D eigenvalue weighted by Crippen LogP contribution is 2.66. The Bertz CT molecular complexity index is 938. The molecular formula is C25H28ClNO2. The van der Waals surface area contributed by atoms with Crippen molar-refractivity contribution in [2.24, 2.45) is 17.3 Å². The number of carbonyl (C=O) groups excluding carboxylic acids is 1. The SMILES string of the molecule is COc1ccc(Cl)cc1NC(=O)C12C[C@H]3C[C@H](C1)CC(c1ccc(C)cc1)(C3)C2. The number of carbonyl (C=O) groups is 1. The molecule has 3 nitrogen and oxygen atoms in total. The quantitative estimate of drug-likeness (QED) is 0.659. The summed E-state index contributed by atoms with van der Waals surface area (Å²) in [7, 11) is 1.62. The average molecular weight is 410 g/mol. The van der Waals surface area contributed by atoms with Crippen LogP contribution in [-0.4, -0.2) is 13.0 Å². The largest absolute Gasteiger partial charge is 0.495 e. The highest BCUT2D eigenvalue weighted by Gasteiger charge is 2.60. The molecule has 4 bridgehead atoms. The van der Waals surface area contributed by atoms with E-state index in [0.29, 0.717) is 28.3 Å². The van der Waals surface area contributed by atoms with Gasteiger partial charge in [0.15, 0.2) is 0 Å². The average Bonchev–Trinajstić information content (AvgIpc) is 2.67. The summed E-state index contributed by atoms with van der Waals surface area (Å²) < 4.78 is 5.45. The van der Waals surface area contributed by atoms with Gasteiger partial charge in [-0.15, -0.1) is 0 Å². The maximum Gasteiger partial charge on any atom is 0.230 e. The van der Waals surface area contributed by atoms with Gasteiger partial charge < -0.3 is 10.1 Å². The number of benzene rings is 2. The molecule has 0 aromatic heterocycles. The van der Waals surface area contributed by atoms with Crippen molar-refractivity contribution in [1.82, 2.24) is 0 Å². The summed E-state index contributed by atoms with van der Waals surface area (Å²) in [4.78, 5) is 13.7. The fraction of sp³-hybridized carbons (Fsp3) is 0.480. The van der Waals surface area contributed by atoms with Crippen molar-refractivity contribution in [1.29, 1.82) is 0 Å². The molecule has 29 heavy (non-hydrogen) atoms. The molecule has 2 aromatic carbocycles. The number of nitrogens with one attached hydrogen (secondary N) is 1. The van der Waals surface area contributed by atoms with Crippen LogP contribution >= 0.6 is 11.6 Å². The topological polar surface area (TPSA) is 38.3 Å². The third-order valence-electron chi connectivity index (χ3n) is 7.62. The van der Waals surface area contributed by atoms with E-state index in [2.05, 4.69) is 36.5 Å². The number of hydrogen-bond donors (Lipinski definition) is 1. The van der Waals surface area contributed by atoms with Gasteiger partial charge in [0.05, 0.1) is 18.2 Å². The third-order valence-corrected chi connectivity index (χ3v) is 7.85. The van der Waals surface area contributed by atoms with Crippen LogP contribution in [0.15, 0.2) is 42.5 Å². The first-order valence-corrected chi connectivity index (χ1v) is 11.0. The van der Waals surface area contributed by atoms with E-state index >= 15 is 0 Å². The molecule has 6 rings (SSSR count). The third kappa shape index (κ3) is 3.15. The first kappa shape index (κ1) is 19.0. The Morgan fingerprint density at radius 3 is 2.41 bits per heavy atom. The van der Waals surface area contributed by atoms with Gasteiger partial charge in [-0.1, -0.05) is 41.4 Å². The van der Waals surface area contributed by atoms with E-state index in [0.717, 1.165) is 19.3 Å². The van der Waals surface area contributed by atoms with Gasteiger partial charge in [0.2, 0.25) is 5.91 Å². The Morgan fingerprint density at radius 2 is 1.76 bits per heavy atom. The van der Waals surface area contributed by atoms with Crippen LogP contribution in [0.5, 0.6) is 5.75 Å². The molecule has 0 aliphatic heterocycles. The Kier molecular flexibility index (Phi) is 4.43. The zero-order chi connectivity index (χ0) is 20.2. The van der Waals surface area contributed by atoms with Crippen LogP contribution in [-0.2, 0) is 10.2 Å². The van der Waals surface area contributed by atoms with Crippen molar-refractivity contribution in [3.05, 3.63) is 58.6 Å². The standard InChI is InChI=1S/C25H28ClNO2/c1-16-3-5-19(6-4-16)24-11-17-9-18(12-24)14-25(13-17,15-24)23(28)27-21-10-20(26)7-8-22(21)29-2/h3-8,10,17-18H,9,11-15H2,1-2H3,(H,27,28)/t17-,18-,24?,25?/m0/s1. The number of anilines is 1. The Balaban J connectivity index is 1.48. The minimum atomic E-state index is -0.289. The van der Waals surface area contributed by atoms with Gasteiger partial charge in [0, 0.05) is 5.02 Å². The van der Waals surface area contributed by atoms with E-state index in [9.17, 15) is 4.79 Å². The lowest BCUT2D eigenvalue weighted by atomic mass is 9.42. The Hall–Kier alpha value is -2.00. The zero-order valence-electron chi connectivity index (χ0n) is 17.1. The number of halogens is 1. The number of aryl methyl sites for hydroxylation is 1. The van der Waals surface area contributed by atoms with Crippen LogP contribution in [0.2, 0.25) is 5.02 Å². The summed E-state index contributed by atoms with van der Waals surface area (Å²) in [6.45, 7) is 2.14. The van der Waals surface area contributed by atoms with Crippen molar-refractivity contribution in [3.8, 4) is 5.75 Å². The molecule has 4 aliphatic rings. The summed E-state index contributed by atoms with van der Waals surface area (Å²) in [6, 6.07) is 14.4. The van der Waals surface area contributed by atoms with Crippen LogP contribution in [0.4, 0.5) is 5.69 Å². The predicted molar refractivity (Wildman–Crippen MR) is 117 cm³/mol. The molecule has 4 aliphatic carbocycles. The van der Waals surface area contributed by atoms with Crippen LogP contribution in [0.25, 0.3) is 0 Å². The van der Waals surface area contributed by atoms with Crippen LogP contribution < -0.4 is 10.1 Å². The lowest BCUT2D eigenvalue weighted by Gasteiger charge is -2.61. The molecule has 1 N–H and O–H groups in total. The summed E-state index contributed by atoms with van der Waals surface area (Å²) in [5.41, 5.74) is 3.24. The summed E-state index contributed by atoms with van der Waals surface area (Å²) in [5.74, 6) is 2.08. The summed E-state index contributed by atoms with van der Waals surface area (Å²) >= 11 is 6.18. The molecule has 152 valence electrons. The van der Waals surface area contributed by atoms with E-state index in [-0.39, 0.29) is 16.7 Å². The van der Waals surface area contributed by atoms with Crippen molar-refractivity contribution in [2.45, 2.75) is 50.9 Å². The molecule has 4 saturated carbocycles. The monoisotopic (exact) mass is 409 g/mol. The lowest BCUT2D eigenvalue weighted by molar-refractivity contribution is -0.143. The minimum Gasteiger partial charge on any atom is -0.495 e. The van der Waals surface area contributed by atoms with Crippen molar-refractivity contribution in [3.63, 3.8) is 0 Å².